The minimum atomic E-state index is -0.505. The fourth-order valence-electron chi connectivity index (χ4n) is 2.90. The minimum absolute atomic E-state index is 0.224. The van der Waals surface area contributed by atoms with E-state index in [-0.39, 0.29) is 25.0 Å². The summed E-state index contributed by atoms with van der Waals surface area (Å²) in [5.74, 6) is 2.20. The molecule has 0 unspecified atom stereocenters. The van der Waals surface area contributed by atoms with E-state index in [1.54, 1.807) is 0 Å². The number of terminal acetylenes is 1. The van der Waals surface area contributed by atoms with Crippen molar-refractivity contribution >= 4 is 11.9 Å². The van der Waals surface area contributed by atoms with Crippen molar-refractivity contribution in [3.63, 3.8) is 0 Å². The zero-order chi connectivity index (χ0) is 21.4. The van der Waals surface area contributed by atoms with Crippen LogP contribution in [-0.4, -0.2) is 96.7 Å². The van der Waals surface area contributed by atoms with Crippen LogP contribution >= 0.6 is 0 Å². The Kier molecular flexibility index (Phi) is 9.42. The van der Waals surface area contributed by atoms with Gasteiger partial charge in [-0.15, -0.1) is 6.42 Å². The third-order valence-corrected chi connectivity index (χ3v) is 4.06. The number of hydrogen-bond donors (Lipinski definition) is 0. The summed E-state index contributed by atoms with van der Waals surface area (Å²) in [7, 11) is 0. The molecule has 1 heterocycles. The summed E-state index contributed by atoms with van der Waals surface area (Å²) < 4.78 is 10.9. The van der Waals surface area contributed by atoms with Crippen molar-refractivity contribution in [2.45, 2.75) is 52.7 Å². The lowest BCUT2D eigenvalue weighted by molar-refractivity contribution is -0.158. The maximum atomic E-state index is 12.2. The number of esters is 2. The van der Waals surface area contributed by atoms with E-state index in [2.05, 4.69) is 20.6 Å². The second-order valence-corrected chi connectivity index (χ2v) is 9.21. The first-order valence-electron chi connectivity index (χ1n) is 9.92. The van der Waals surface area contributed by atoms with E-state index in [1.807, 2.05) is 41.5 Å². The van der Waals surface area contributed by atoms with Gasteiger partial charge in [-0.05, 0) is 41.5 Å². The summed E-state index contributed by atoms with van der Waals surface area (Å²) in [6, 6.07) is 0. The fourth-order valence-corrected chi connectivity index (χ4v) is 2.90. The smallest absolute Gasteiger partial charge is 0.320 e. The van der Waals surface area contributed by atoms with Crippen LogP contribution in [0.2, 0.25) is 0 Å². The molecule has 1 fully saturated rings. The summed E-state index contributed by atoms with van der Waals surface area (Å²) in [6.45, 7) is 16.5. The Balaban J connectivity index is 2.74. The predicted octanol–water partition coefficient (Wildman–Crippen LogP) is 1.22. The maximum absolute atomic E-state index is 12.2. The first-order chi connectivity index (χ1) is 12.9. The van der Waals surface area contributed by atoms with Gasteiger partial charge >= 0.3 is 11.9 Å². The molecule has 0 radical (unpaired) electrons. The van der Waals surface area contributed by atoms with Gasteiger partial charge in [0.25, 0.3) is 0 Å². The summed E-state index contributed by atoms with van der Waals surface area (Å²) in [5, 5.41) is 0. The topological polar surface area (TPSA) is 62.3 Å². The molecule has 1 rings (SSSR count). The molecule has 0 aromatic carbocycles. The lowest BCUT2D eigenvalue weighted by Crippen LogP contribution is -2.42. The Morgan fingerprint density at radius 3 is 1.36 bits per heavy atom. The van der Waals surface area contributed by atoms with E-state index in [4.69, 9.17) is 15.9 Å². The van der Waals surface area contributed by atoms with Crippen LogP contribution in [0.4, 0.5) is 0 Å². The van der Waals surface area contributed by atoms with Gasteiger partial charge < -0.3 is 9.47 Å². The summed E-state index contributed by atoms with van der Waals surface area (Å²) in [4.78, 5) is 30.8. The summed E-state index contributed by atoms with van der Waals surface area (Å²) in [5.41, 5.74) is -1.01. The van der Waals surface area contributed by atoms with Crippen molar-refractivity contribution < 1.29 is 19.1 Å². The second-order valence-electron chi connectivity index (χ2n) is 9.21. The van der Waals surface area contributed by atoms with Gasteiger partial charge in [0.05, 0.1) is 19.6 Å². The van der Waals surface area contributed by atoms with Gasteiger partial charge in [0.15, 0.2) is 0 Å². The first-order valence-corrected chi connectivity index (χ1v) is 9.92. The van der Waals surface area contributed by atoms with Crippen molar-refractivity contribution in [1.29, 1.82) is 0 Å². The van der Waals surface area contributed by atoms with E-state index in [1.165, 1.54) is 0 Å². The average Bonchev–Trinajstić information content (AvgIpc) is 2.57. The molecule has 1 saturated heterocycles. The molecular weight excluding hydrogens is 358 g/mol. The van der Waals surface area contributed by atoms with E-state index in [0.717, 1.165) is 26.2 Å². The van der Waals surface area contributed by atoms with E-state index < -0.39 is 11.2 Å². The van der Waals surface area contributed by atoms with Gasteiger partial charge in [0.2, 0.25) is 0 Å². The van der Waals surface area contributed by atoms with Crippen molar-refractivity contribution in [1.82, 2.24) is 14.7 Å². The Bertz CT molecular complexity index is 515. The van der Waals surface area contributed by atoms with E-state index >= 15 is 0 Å². The number of carbonyl (C=O) groups excluding carboxylic acids is 2. The molecule has 28 heavy (non-hydrogen) atoms. The van der Waals surface area contributed by atoms with Crippen LogP contribution < -0.4 is 0 Å². The summed E-state index contributed by atoms with van der Waals surface area (Å²) in [6.07, 6.45) is 5.49. The van der Waals surface area contributed by atoms with Gasteiger partial charge in [-0.1, -0.05) is 5.92 Å². The number of ether oxygens (including phenoxy) is 2. The van der Waals surface area contributed by atoms with E-state index in [9.17, 15) is 9.59 Å². The highest BCUT2D eigenvalue weighted by Gasteiger charge is 2.23. The largest absolute Gasteiger partial charge is 0.459 e. The molecule has 0 aromatic heterocycles. The highest BCUT2D eigenvalue weighted by Crippen LogP contribution is 2.10. The molecule has 0 bridgehead atoms. The van der Waals surface area contributed by atoms with Crippen LogP contribution in [0.25, 0.3) is 0 Å². The molecule has 7 heteroatoms. The third kappa shape index (κ3) is 11.3. The molecule has 0 aliphatic carbocycles. The van der Waals surface area contributed by atoms with Crippen molar-refractivity contribution in [3.8, 4) is 12.3 Å². The van der Waals surface area contributed by atoms with Crippen molar-refractivity contribution in [2.75, 3.05) is 58.9 Å². The highest BCUT2D eigenvalue weighted by atomic mass is 16.6. The van der Waals surface area contributed by atoms with Crippen LogP contribution in [-0.2, 0) is 19.1 Å². The first kappa shape index (κ1) is 24.4. The molecule has 0 N–H and O–H groups in total. The summed E-state index contributed by atoms with van der Waals surface area (Å²) >= 11 is 0. The van der Waals surface area contributed by atoms with Crippen LogP contribution in [0.15, 0.2) is 0 Å². The second kappa shape index (κ2) is 10.8. The Hall–Kier alpha value is -1.62. The Labute approximate surface area is 170 Å². The predicted molar refractivity (Wildman–Crippen MR) is 110 cm³/mol. The zero-order valence-electron chi connectivity index (χ0n) is 18.4. The molecular formula is C21H37N3O4. The molecule has 0 spiro atoms. The molecule has 1 aliphatic heterocycles. The van der Waals surface area contributed by atoms with E-state index in [0.29, 0.717) is 19.6 Å². The maximum Gasteiger partial charge on any atom is 0.320 e. The van der Waals surface area contributed by atoms with Crippen LogP contribution in [0.5, 0.6) is 0 Å². The van der Waals surface area contributed by atoms with Crippen LogP contribution in [0.3, 0.4) is 0 Å². The van der Waals surface area contributed by atoms with Gasteiger partial charge in [0, 0.05) is 39.3 Å². The Morgan fingerprint density at radius 1 is 0.750 bits per heavy atom. The monoisotopic (exact) mass is 395 g/mol. The highest BCUT2D eigenvalue weighted by molar-refractivity contribution is 5.72. The number of rotatable bonds is 5. The lowest BCUT2D eigenvalue weighted by atomic mass is 10.2. The molecule has 0 amide bonds. The number of carbonyl (C=O) groups is 2. The molecule has 0 aromatic rings. The van der Waals surface area contributed by atoms with Gasteiger partial charge in [-0.3, -0.25) is 24.3 Å². The van der Waals surface area contributed by atoms with Crippen molar-refractivity contribution in [2.24, 2.45) is 0 Å². The molecule has 7 nitrogen and oxygen atoms in total. The zero-order valence-corrected chi connectivity index (χ0v) is 18.4. The van der Waals surface area contributed by atoms with Gasteiger partial charge in [-0.25, -0.2) is 0 Å². The molecule has 1 aliphatic rings. The fraction of sp³-hybridized carbons (Fsp3) is 0.810. The minimum Gasteiger partial charge on any atom is -0.459 e. The average molecular weight is 396 g/mol. The Morgan fingerprint density at radius 2 is 1.07 bits per heavy atom. The third-order valence-electron chi connectivity index (χ3n) is 4.06. The molecule has 0 atom stereocenters. The van der Waals surface area contributed by atoms with Crippen LogP contribution in [0, 0.1) is 12.3 Å². The number of hydrogen-bond acceptors (Lipinski definition) is 7. The standard InChI is InChI=1S/C21H37N3O4/c1-8-9-22-10-12-23(16-18(25)27-20(2,3)4)14-15-24(13-11-22)17-19(26)28-21(5,6)7/h1H,9-17H2,2-7H3. The number of nitrogens with zero attached hydrogens (tertiary/aromatic N) is 3. The van der Waals surface area contributed by atoms with Gasteiger partial charge in [-0.2, -0.15) is 0 Å². The molecule has 160 valence electrons. The van der Waals surface area contributed by atoms with Crippen LogP contribution in [0.1, 0.15) is 41.5 Å². The SMILES string of the molecule is C#CCN1CCN(CC(=O)OC(C)(C)C)CCN(CC(=O)OC(C)(C)C)CC1. The van der Waals surface area contributed by atoms with Gasteiger partial charge in [0.1, 0.15) is 11.2 Å². The lowest BCUT2D eigenvalue weighted by Gasteiger charge is -2.27. The molecule has 0 saturated carbocycles. The normalized spacial score (nSPS) is 18.5. The quantitative estimate of drug-likeness (QED) is 0.512. The van der Waals surface area contributed by atoms with Crippen molar-refractivity contribution in [3.05, 3.63) is 0 Å².